The van der Waals surface area contributed by atoms with Gasteiger partial charge in [-0.25, -0.2) is 9.78 Å². The van der Waals surface area contributed by atoms with Crippen molar-refractivity contribution < 1.29 is 14.8 Å². The Morgan fingerprint density at radius 1 is 1.67 bits per heavy atom. The summed E-state index contributed by atoms with van der Waals surface area (Å²) in [5, 5.41) is 22.4. The van der Waals surface area contributed by atoms with Gasteiger partial charge in [0.25, 0.3) is 5.69 Å². The molecule has 1 aromatic rings. The van der Waals surface area contributed by atoms with E-state index in [1.807, 2.05) is 6.26 Å². The molecule has 0 atom stereocenters. The van der Waals surface area contributed by atoms with Crippen LogP contribution in [-0.2, 0) is 0 Å². The fourth-order valence-electron chi connectivity index (χ4n) is 1.28. The second-order valence-corrected chi connectivity index (χ2v) is 4.41. The highest BCUT2D eigenvalue weighted by Crippen LogP contribution is 2.19. The maximum Gasteiger partial charge on any atom is 0.339 e. The lowest BCUT2D eigenvalue weighted by molar-refractivity contribution is -0.385. The summed E-state index contributed by atoms with van der Waals surface area (Å²) in [6, 6.07) is 1.01. The second-order valence-electron chi connectivity index (χ2n) is 3.43. The average molecular weight is 271 g/mol. The molecule has 18 heavy (non-hydrogen) atoms. The Bertz CT molecular complexity index is 453. The Kier molecular flexibility index (Phi) is 5.37. The molecule has 0 aliphatic heterocycles. The SMILES string of the molecule is CSCCCNc1ncc([N+](=O)[O-])cc1C(=O)O. The van der Waals surface area contributed by atoms with E-state index < -0.39 is 10.9 Å². The van der Waals surface area contributed by atoms with E-state index in [0.717, 1.165) is 24.4 Å². The number of hydrogen-bond donors (Lipinski definition) is 2. The molecule has 0 spiro atoms. The summed E-state index contributed by atoms with van der Waals surface area (Å²) in [5.41, 5.74) is -0.518. The smallest absolute Gasteiger partial charge is 0.339 e. The van der Waals surface area contributed by atoms with Crippen LogP contribution in [0.4, 0.5) is 11.5 Å². The number of anilines is 1. The van der Waals surface area contributed by atoms with Gasteiger partial charge < -0.3 is 10.4 Å². The number of carbonyl (C=O) groups is 1. The van der Waals surface area contributed by atoms with Gasteiger partial charge in [-0.05, 0) is 18.4 Å². The molecule has 7 nitrogen and oxygen atoms in total. The van der Waals surface area contributed by atoms with Crippen LogP contribution in [0.1, 0.15) is 16.8 Å². The van der Waals surface area contributed by atoms with Crippen LogP contribution < -0.4 is 5.32 Å². The lowest BCUT2D eigenvalue weighted by atomic mass is 10.2. The molecule has 0 radical (unpaired) electrons. The normalized spacial score (nSPS) is 10.1. The fraction of sp³-hybridized carbons (Fsp3) is 0.400. The van der Waals surface area contributed by atoms with Crippen molar-refractivity contribution in [2.45, 2.75) is 6.42 Å². The van der Waals surface area contributed by atoms with Crippen molar-refractivity contribution in [1.82, 2.24) is 4.98 Å². The molecular formula is C10H13N3O4S. The summed E-state index contributed by atoms with van der Waals surface area (Å²) in [5.74, 6) is -0.129. The number of pyridine rings is 1. The van der Waals surface area contributed by atoms with E-state index in [-0.39, 0.29) is 17.1 Å². The minimum atomic E-state index is -1.24. The Morgan fingerprint density at radius 2 is 2.39 bits per heavy atom. The summed E-state index contributed by atoms with van der Waals surface area (Å²) in [6.07, 6.45) is 3.88. The predicted molar refractivity (Wildman–Crippen MR) is 69.3 cm³/mol. The summed E-state index contributed by atoms with van der Waals surface area (Å²) < 4.78 is 0. The monoisotopic (exact) mass is 271 g/mol. The van der Waals surface area contributed by atoms with Crippen LogP contribution >= 0.6 is 11.8 Å². The van der Waals surface area contributed by atoms with Crippen molar-refractivity contribution in [3.8, 4) is 0 Å². The Morgan fingerprint density at radius 3 is 2.94 bits per heavy atom. The minimum absolute atomic E-state index is 0.161. The first kappa shape index (κ1) is 14.2. The summed E-state index contributed by atoms with van der Waals surface area (Å²) in [7, 11) is 0. The third kappa shape index (κ3) is 3.88. The van der Waals surface area contributed by atoms with Crippen molar-refractivity contribution in [1.29, 1.82) is 0 Å². The van der Waals surface area contributed by atoms with E-state index in [1.54, 1.807) is 11.8 Å². The maximum atomic E-state index is 11.0. The van der Waals surface area contributed by atoms with Crippen molar-refractivity contribution in [2.24, 2.45) is 0 Å². The van der Waals surface area contributed by atoms with Gasteiger partial charge in [-0.1, -0.05) is 0 Å². The van der Waals surface area contributed by atoms with Crippen LogP contribution in [0.3, 0.4) is 0 Å². The highest BCUT2D eigenvalue weighted by atomic mass is 32.2. The van der Waals surface area contributed by atoms with Gasteiger partial charge in [0, 0.05) is 12.6 Å². The number of carboxylic acids is 1. The van der Waals surface area contributed by atoms with Crippen molar-refractivity contribution in [2.75, 3.05) is 23.9 Å². The Hall–Kier alpha value is -1.83. The number of aromatic carboxylic acids is 1. The molecule has 0 aliphatic rings. The van der Waals surface area contributed by atoms with Crippen LogP contribution in [0, 0.1) is 10.1 Å². The van der Waals surface area contributed by atoms with E-state index >= 15 is 0 Å². The number of carboxylic acid groups (broad SMARTS) is 1. The van der Waals surface area contributed by atoms with Gasteiger partial charge in [-0.15, -0.1) is 0 Å². The number of nitrogens with zero attached hydrogens (tertiary/aromatic N) is 2. The van der Waals surface area contributed by atoms with Gasteiger partial charge in [0.05, 0.1) is 4.92 Å². The molecule has 8 heteroatoms. The molecular weight excluding hydrogens is 258 g/mol. The first-order chi connectivity index (χ1) is 8.56. The van der Waals surface area contributed by atoms with Crippen molar-refractivity contribution in [3.63, 3.8) is 0 Å². The van der Waals surface area contributed by atoms with Crippen LogP contribution in [0.5, 0.6) is 0 Å². The predicted octanol–water partition coefficient (Wildman–Crippen LogP) is 1.85. The third-order valence-corrected chi connectivity index (χ3v) is 2.83. The van der Waals surface area contributed by atoms with Crippen LogP contribution in [-0.4, -0.2) is 39.5 Å². The largest absolute Gasteiger partial charge is 0.478 e. The molecule has 0 aliphatic carbocycles. The standard InChI is InChI=1S/C10H13N3O4S/c1-18-4-2-3-11-9-8(10(14)15)5-7(6-12-9)13(16)17/h5-6H,2-4H2,1H3,(H,11,12)(H,14,15). The van der Waals surface area contributed by atoms with Crippen LogP contribution in [0.25, 0.3) is 0 Å². The zero-order chi connectivity index (χ0) is 13.5. The van der Waals surface area contributed by atoms with Crippen molar-refractivity contribution in [3.05, 3.63) is 27.9 Å². The highest BCUT2D eigenvalue weighted by molar-refractivity contribution is 7.98. The lowest BCUT2D eigenvalue weighted by Gasteiger charge is -2.07. The first-order valence-electron chi connectivity index (χ1n) is 5.16. The number of rotatable bonds is 7. The lowest BCUT2D eigenvalue weighted by Crippen LogP contribution is -2.10. The Balaban J connectivity index is 2.83. The van der Waals surface area contributed by atoms with E-state index in [1.165, 1.54) is 0 Å². The van der Waals surface area contributed by atoms with Gasteiger partial charge in [0.15, 0.2) is 0 Å². The number of nitrogens with one attached hydrogen (secondary N) is 1. The van der Waals surface area contributed by atoms with Gasteiger partial charge in [-0.3, -0.25) is 10.1 Å². The molecule has 2 N–H and O–H groups in total. The van der Waals surface area contributed by atoms with E-state index in [9.17, 15) is 14.9 Å². The molecule has 0 bridgehead atoms. The second kappa shape index (κ2) is 6.80. The Labute approximate surface area is 108 Å². The van der Waals surface area contributed by atoms with E-state index in [2.05, 4.69) is 10.3 Å². The van der Waals surface area contributed by atoms with Gasteiger partial charge in [-0.2, -0.15) is 11.8 Å². The quantitative estimate of drug-likeness (QED) is 0.443. The summed E-state index contributed by atoms with van der Waals surface area (Å²) in [4.78, 5) is 24.6. The minimum Gasteiger partial charge on any atom is -0.478 e. The molecule has 0 saturated carbocycles. The van der Waals surface area contributed by atoms with Gasteiger partial charge in [0.2, 0.25) is 0 Å². The number of thioether (sulfide) groups is 1. The third-order valence-electron chi connectivity index (χ3n) is 2.13. The molecule has 1 aromatic heterocycles. The van der Waals surface area contributed by atoms with Crippen LogP contribution in [0.15, 0.2) is 12.3 Å². The summed E-state index contributed by atoms with van der Waals surface area (Å²) in [6.45, 7) is 0.575. The number of hydrogen-bond acceptors (Lipinski definition) is 6. The average Bonchev–Trinajstić information content (AvgIpc) is 2.34. The topological polar surface area (TPSA) is 105 Å². The molecule has 0 amide bonds. The van der Waals surface area contributed by atoms with Gasteiger partial charge >= 0.3 is 5.97 Å². The zero-order valence-electron chi connectivity index (χ0n) is 9.75. The van der Waals surface area contributed by atoms with E-state index in [4.69, 9.17) is 5.11 Å². The first-order valence-corrected chi connectivity index (χ1v) is 6.56. The molecule has 0 aromatic carbocycles. The fourth-order valence-corrected chi connectivity index (χ4v) is 1.71. The highest BCUT2D eigenvalue weighted by Gasteiger charge is 2.17. The molecule has 0 fully saturated rings. The molecule has 1 rings (SSSR count). The molecule has 0 unspecified atom stereocenters. The van der Waals surface area contributed by atoms with E-state index in [0.29, 0.717) is 6.54 Å². The van der Waals surface area contributed by atoms with Gasteiger partial charge in [0.1, 0.15) is 17.6 Å². The maximum absolute atomic E-state index is 11.0. The summed E-state index contributed by atoms with van der Waals surface area (Å²) >= 11 is 1.69. The zero-order valence-corrected chi connectivity index (χ0v) is 10.6. The molecule has 0 saturated heterocycles. The number of nitro groups is 1. The number of aromatic nitrogens is 1. The van der Waals surface area contributed by atoms with Crippen molar-refractivity contribution >= 4 is 29.2 Å². The molecule has 1 heterocycles. The van der Waals surface area contributed by atoms with Crippen LogP contribution in [0.2, 0.25) is 0 Å². The molecule has 98 valence electrons.